The van der Waals surface area contributed by atoms with Gasteiger partial charge in [0.1, 0.15) is 23.7 Å². The van der Waals surface area contributed by atoms with Crippen molar-refractivity contribution in [2.75, 3.05) is 0 Å². The number of phenolic OH excluding ortho intramolecular Hbond substituents is 2. The van der Waals surface area contributed by atoms with Crippen LogP contribution < -0.4 is 0 Å². The minimum Gasteiger partial charge on any atom is -0.508 e. The zero-order chi connectivity index (χ0) is 37.6. The topological polar surface area (TPSA) is 93.1 Å². The van der Waals surface area contributed by atoms with Crippen molar-refractivity contribution >= 4 is 11.9 Å². The zero-order valence-corrected chi connectivity index (χ0v) is 33.2. The predicted molar refractivity (Wildman–Crippen MR) is 213 cm³/mol. The summed E-state index contributed by atoms with van der Waals surface area (Å²) < 4.78 is 12.8. The first-order valence-corrected chi connectivity index (χ1v) is 22.3. The Morgan fingerprint density at radius 1 is 0.481 bits per heavy atom. The van der Waals surface area contributed by atoms with Gasteiger partial charge in [-0.05, 0) is 148 Å². The molecule has 296 valence electrons. The summed E-state index contributed by atoms with van der Waals surface area (Å²) in [5.41, 5.74) is 1.69. The molecule has 0 heterocycles. The van der Waals surface area contributed by atoms with Crippen molar-refractivity contribution in [3.8, 4) is 11.5 Å². The lowest BCUT2D eigenvalue weighted by Crippen LogP contribution is -2.53. The lowest BCUT2D eigenvalue weighted by atomic mass is 9.52. The Balaban J connectivity index is 1.02. The third-order valence-corrected chi connectivity index (χ3v) is 15.2. The zero-order valence-electron chi connectivity index (χ0n) is 33.2. The van der Waals surface area contributed by atoms with Crippen LogP contribution in [0.4, 0.5) is 0 Å². The van der Waals surface area contributed by atoms with E-state index in [0.717, 1.165) is 98.0 Å². The van der Waals surface area contributed by atoms with E-state index in [1.807, 2.05) is 24.3 Å². The molecular weight excluding hydrogens is 673 g/mol. The molecule has 2 aromatic carbocycles. The van der Waals surface area contributed by atoms with Crippen molar-refractivity contribution in [2.45, 2.75) is 166 Å². The van der Waals surface area contributed by atoms with Gasteiger partial charge < -0.3 is 19.7 Å². The summed E-state index contributed by atoms with van der Waals surface area (Å²) in [6.45, 7) is 4.60. The van der Waals surface area contributed by atoms with Gasteiger partial charge in [-0.1, -0.05) is 89.5 Å². The van der Waals surface area contributed by atoms with Gasteiger partial charge in [-0.15, -0.1) is 0 Å². The Morgan fingerprint density at radius 3 is 1.07 bits per heavy atom. The first kappa shape index (κ1) is 39.2. The number of carbonyl (C=O) groups excluding carboxylic acids is 2. The van der Waals surface area contributed by atoms with Crippen molar-refractivity contribution in [1.82, 2.24) is 0 Å². The highest BCUT2D eigenvalue weighted by molar-refractivity contribution is 5.85. The second kappa shape index (κ2) is 18.3. The maximum atomic E-state index is 14.4. The number of aromatic hydroxyl groups is 2. The van der Waals surface area contributed by atoms with Crippen molar-refractivity contribution in [3.63, 3.8) is 0 Å². The SMILES string of the molecule is CCCC1CCC(C2CCC(OC(=O)C3C(c4ccc(O)cc4)C(C(=O)OC4CCC(C5CCC(CCC)CC5)CC4)C3c3ccc(O)cc3)CC2)CC1. The van der Waals surface area contributed by atoms with Crippen molar-refractivity contribution in [1.29, 1.82) is 0 Å². The van der Waals surface area contributed by atoms with Crippen LogP contribution in [-0.4, -0.2) is 34.4 Å². The quantitative estimate of drug-likeness (QED) is 0.210. The molecular formula is C48H68O6. The molecule has 6 heteroatoms. The number of hydrogen-bond donors (Lipinski definition) is 2. The van der Waals surface area contributed by atoms with E-state index >= 15 is 0 Å². The van der Waals surface area contributed by atoms with Gasteiger partial charge in [0.15, 0.2) is 0 Å². The van der Waals surface area contributed by atoms with Gasteiger partial charge in [0, 0.05) is 11.8 Å². The largest absolute Gasteiger partial charge is 0.508 e. The number of hydrogen-bond acceptors (Lipinski definition) is 6. The molecule has 0 aliphatic heterocycles. The molecule has 2 aromatic rings. The molecule has 5 aliphatic rings. The molecule has 0 bridgehead atoms. The lowest BCUT2D eigenvalue weighted by molar-refractivity contribution is -0.175. The standard InChI is InChI=1S/C48H68O6/c1-3-5-31-7-11-33(12-8-31)35-19-27-41(28-20-35)53-47(51)45-43(37-15-23-39(49)24-16-37)46(44(45)38-17-25-40(50)26-18-38)48(52)54-42-29-21-36(22-30-42)34-13-9-32(6-4-2)10-14-34/h15-18,23-26,31-36,41-46,49-50H,3-14,19-22,27-30H2,1-2H3. The van der Waals surface area contributed by atoms with Crippen LogP contribution in [0, 0.1) is 47.3 Å². The molecule has 2 N–H and O–H groups in total. The smallest absolute Gasteiger partial charge is 0.310 e. The number of benzene rings is 2. The van der Waals surface area contributed by atoms with Crippen LogP contribution >= 0.6 is 0 Å². The Hall–Kier alpha value is -3.02. The van der Waals surface area contributed by atoms with Crippen molar-refractivity contribution in [3.05, 3.63) is 59.7 Å². The first-order chi connectivity index (χ1) is 26.3. The van der Waals surface area contributed by atoms with Crippen LogP contribution in [0.1, 0.15) is 165 Å². The van der Waals surface area contributed by atoms with Crippen LogP contribution in [0.2, 0.25) is 0 Å². The normalized spacial score (nSPS) is 35.7. The lowest BCUT2D eigenvalue weighted by Gasteiger charge is -2.50. The second-order valence-corrected chi connectivity index (χ2v) is 18.4. The van der Waals surface area contributed by atoms with E-state index in [4.69, 9.17) is 9.47 Å². The minimum atomic E-state index is -0.568. The molecule has 0 radical (unpaired) electrons. The van der Waals surface area contributed by atoms with Gasteiger partial charge in [0.25, 0.3) is 0 Å². The Kier molecular flexibility index (Phi) is 13.3. The molecule has 0 saturated heterocycles. The average Bonchev–Trinajstić information content (AvgIpc) is 3.17. The highest BCUT2D eigenvalue weighted by Gasteiger charge is 2.60. The van der Waals surface area contributed by atoms with E-state index in [1.54, 1.807) is 24.3 Å². The molecule has 5 aliphatic carbocycles. The summed E-state index contributed by atoms with van der Waals surface area (Å²) in [6, 6.07) is 13.9. The molecule has 0 amide bonds. The number of phenols is 2. The summed E-state index contributed by atoms with van der Waals surface area (Å²) in [5.74, 6) is 2.75. The maximum absolute atomic E-state index is 14.4. The fourth-order valence-corrected chi connectivity index (χ4v) is 12.1. The summed E-state index contributed by atoms with van der Waals surface area (Å²) in [4.78, 5) is 28.8. The molecule has 0 aromatic heterocycles. The van der Waals surface area contributed by atoms with Gasteiger partial charge in [-0.2, -0.15) is 0 Å². The number of rotatable bonds is 12. The average molecular weight is 741 g/mol. The fourth-order valence-electron chi connectivity index (χ4n) is 12.1. The number of carbonyl (C=O) groups is 2. The van der Waals surface area contributed by atoms with Gasteiger partial charge in [-0.25, -0.2) is 0 Å². The number of esters is 2. The highest BCUT2D eigenvalue weighted by Crippen LogP contribution is 2.59. The maximum Gasteiger partial charge on any atom is 0.310 e. The highest BCUT2D eigenvalue weighted by atomic mass is 16.6. The Morgan fingerprint density at radius 2 is 0.778 bits per heavy atom. The van der Waals surface area contributed by atoms with Gasteiger partial charge in [-0.3, -0.25) is 9.59 Å². The van der Waals surface area contributed by atoms with Crippen molar-refractivity contribution < 1.29 is 29.3 Å². The molecule has 54 heavy (non-hydrogen) atoms. The van der Waals surface area contributed by atoms with E-state index in [2.05, 4.69) is 13.8 Å². The monoisotopic (exact) mass is 741 g/mol. The molecule has 0 atom stereocenters. The molecule has 5 fully saturated rings. The third kappa shape index (κ3) is 9.15. The summed E-state index contributed by atoms with van der Waals surface area (Å²) in [7, 11) is 0. The van der Waals surface area contributed by atoms with Gasteiger partial charge >= 0.3 is 11.9 Å². The Labute approximate surface area is 325 Å². The van der Waals surface area contributed by atoms with Crippen LogP contribution in [0.15, 0.2) is 48.5 Å². The third-order valence-electron chi connectivity index (χ3n) is 15.2. The summed E-state index contributed by atoms with van der Waals surface area (Å²) in [6.07, 6.45) is 24.1. The molecule has 7 rings (SSSR count). The molecule has 0 spiro atoms. The predicted octanol–water partition coefficient (Wildman–Crippen LogP) is 11.6. The molecule has 6 nitrogen and oxygen atoms in total. The van der Waals surface area contributed by atoms with Crippen LogP contribution in [0.5, 0.6) is 11.5 Å². The number of ether oxygens (including phenoxy) is 2. The van der Waals surface area contributed by atoms with Crippen LogP contribution in [0.3, 0.4) is 0 Å². The summed E-state index contributed by atoms with van der Waals surface area (Å²) in [5, 5.41) is 20.3. The summed E-state index contributed by atoms with van der Waals surface area (Å²) >= 11 is 0. The van der Waals surface area contributed by atoms with Gasteiger partial charge in [0.2, 0.25) is 0 Å². The van der Waals surface area contributed by atoms with Crippen LogP contribution in [-0.2, 0) is 19.1 Å². The van der Waals surface area contributed by atoms with Crippen molar-refractivity contribution in [2.24, 2.45) is 47.3 Å². The van der Waals surface area contributed by atoms with E-state index < -0.39 is 23.7 Å². The fraction of sp³-hybridized carbons (Fsp3) is 0.708. The Bertz CT molecular complexity index is 1350. The molecule has 0 unspecified atom stereocenters. The van der Waals surface area contributed by atoms with Crippen LogP contribution in [0.25, 0.3) is 0 Å². The molecule has 5 saturated carbocycles. The van der Waals surface area contributed by atoms with E-state index in [1.165, 1.54) is 77.0 Å². The second-order valence-electron chi connectivity index (χ2n) is 18.4. The minimum absolute atomic E-state index is 0.103. The van der Waals surface area contributed by atoms with E-state index in [-0.39, 0.29) is 35.6 Å². The van der Waals surface area contributed by atoms with E-state index in [9.17, 15) is 19.8 Å². The van der Waals surface area contributed by atoms with Gasteiger partial charge in [0.05, 0.1) is 11.8 Å². The first-order valence-electron chi connectivity index (χ1n) is 22.3. The van der Waals surface area contributed by atoms with E-state index in [0.29, 0.717) is 0 Å².